The maximum Gasteiger partial charge on any atom is 0.123 e. The van der Waals surface area contributed by atoms with Crippen molar-refractivity contribution >= 4 is 15.9 Å². The number of benzene rings is 1. The van der Waals surface area contributed by atoms with Crippen LogP contribution in [0.3, 0.4) is 0 Å². The van der Waals surface area contributed by atoms with Gasteiger partial charge >= 0.3 is 0 Å². The van der Waals surface area contributed by atoms with Gasteiger partial charge in [-0.25, -0.2) is 0 Å². The Labute approximate surface area is 128 Å². The molecule has 2 aromatic rings. The highest BCUT2D eigenvalue weighted by atomic mass is 79.9. The zero-order valence-electron chi connectivity index (χ0n) is 12.0. The fourth-order valence-electron chi connectivity index (χ4n) is 2.07. The molecule has 0 amide bonds. The smallest absolute Gasteiger partial charge is 0.123 e. The Hall–Kier alpha value is -1.39. The molecule has 2 rings (SSSR count). The Morgan fingerprint density at radius 2 is 2.10 bits per heavy atom. The van der Waals surface area contributed by atoms with Gasteiger partial charge in [0.2, 0.25) is 0 Å². The standard InChI is InChI=1S/C16H19BrN2O/c1-11-4-7-16(20-3)15(8-11)12(2)18-10-14-6-5-13(17)9-19-14/h4-9,12,18H,10H2,1-3H3. The third kappa shape index (κ3) is 3.81. The van der Waals surface area contributed by atoms with Crippen molar-refractivity contribution in [3.05, 3.63) is 57.8 Å². The molecule has 106 valence electrons. The number of halogens is 1. The molecule has 0 aliphatic carbocycles. The van der Waals surface area contributed by atoms with Gasteiger partial charge in [-0.3, -0.25) is 4.98 Å². The predicted molar refractivity (Wildman–Crippen MR) is 84.9 cm³/mol. The molecule has 0 saturated heterocycles. The second kappa shape index (κ2) is 6.86. The summed E-state index contributed by atoms with van der Waals surface area (Å²) in [6, 6.07) is 10.5. The molecule has 1 aromatic carbocycles. The van der Waals surface area contributed by atoms with Crippen LogP contribution in [0.5, 0.6) is 5.75 Å². The molecule has 0 aliphatic rings. The van der Waals surface area contributed by atoms with Crippen LogP contribution in [0.4, 0.5) is 0 Å². The van der Waals surface area contributed by atoms with E-state index in [1.165, 1.54) is 11.1 Å². The van der Waals surface area contributed by atoms with E-state index < -0.39 is 0 Å². The molecule has 0 aliphatic heterocycles. The number of nitrogens with one attached hydrogen (secondary N) is 1. The summed E-state index contributed by atoms with van der Waals surface area (Å²) in [7, 11) is 1.71. The molecule has 1 N–H and O–H groups in total. The van der Waals surface area contributed by atoms with E-state index in [1.54, 1.807) is 7.11 Å². The van der Waals surface area contributed by atoms with Gasteiger partial charge in [-0.15, -0.1) is 0 Å². The third-order valence-corrected chi connectivity index (χ3v) is 3.70. The number of methoxy groups -OCH3 is 1. The molecule has 0 spiro atoms. The predicted octanol–water partition coefficient (Wildman–Crippen LogP) is 4.01. The lowest BCUT2D eigenvalue weighted by Gasteiger charge is -2.18. The number of hydrogen-bond donors (Lipinski definition) is 1. The van der Waals surface area contributed by atoms with Gasteiger partial charge in [-0.2, -0.15) is 0 Å². The first-order chi connectivity index (χ1) is 9.60. The normalized spacial score (nSPS) is 12.2. The maximum atomic E-state index is 5.43. The zero-order chi connectivity index (χ0) is 14.5. The molecule has 1 atom stereocenters. The molecule has 0 bridgehead atoms. The maximum absolute atomic E-state index is 5.43. The molecule has 20 heavy (non-hydrogen) atoms. The van der Waals surface area contributed by atoms with Crippen LogP contribution in [-0.4, -0.2) is 12.1 Å². The highest BCUT2D eigenvalue weighted by molar-refractivity contribution is 9.10. The number of hydrogen-bond acceptors (Lipinski definition) is 3. The number of nitrogens with zero attached hydrogens (tertiary/aromatic N) is 1. The molecule has 0 radical (unpaired) electrons. The Kier molecular flexibility index (Phi) is 5.15. The lowest BCUT2D eigenvalue weighted by molar-refractivity contribution is 0.401. The number of ether oxygens (including phenoxy) is 1. The van der Waals surface area contributed by atoms with E-state index in [4.69, 9.17) is 4.74 Å². The number of pyridine rings is 1. The summed E-state index contributed by atoms with van der Waals surface area (Å²) >= 11 is 3.39. The Balaban J connectivity index is 2.06. The topological polar surface area (TPSA) is 34.1 Å². The molecular formula is C16H19BrN2O. The molecule has 0 saturated carbocycles. The first-order valence-electron chi connectivity index (χ1n) is 6.58. The second-order valence-corrected chi connectivity index (χ2v) is 5.73. The fourth-order valence-corrected chi connectivity index (χ4v) is 2.31. The summed E-state index contributed by atoms with van der Waals surface area (Å²) in [5.41, 5.74) is 3.42. The molecule has 0 fully saturated rings. The van der Waals surface area contributed by atoms with E-state index in [1.807, 2.05) is 24.4 Å². The van der Waals surface area contributed by atoms with Crippen LogP contribution < -0.4 is 10.1 Å². The zero-order valence-corrected chi connectivity index (χ0v) is 13.6. The Morgan fingerprint density at radius 1 is 1.30 bits per heavy atom. The summed E-state index contributed by atoms with van der Waals surface area (Å²) < 4.78 is 6.42. The molecule has 1 heterocycles. The van der Waals surface area contributed by atoms with Gasteiger partial charge in [0, 0.05) is 28.8 Å². The van der Waals surface area contributed by atoms with Crippen molar-refractivity contribution in [3.8, 4) is 5.75 Å². The molecule has 1 aromatic heterocycles. The first kappa shape index (κ1) is 15.0. The lowest BCUT2D eigenvalue weighted by Crippen LogP contribution is -2.19. The van der Waals surface area contributed by atoms with Crippen molar-refractivity contribution < 1.29 is 4.74 Å². The first-order valence-corrected chi connectivity index (χ1v) is 7.38. The largest absolute Gasteiger partial charge is 0.496 e. The number of rotatable bonds is 5. The van der Waals surface area contributed by atoms with Gasteiger partial charge in [0.1, 0.15) is 5.75 Å². The van der Waals surface area contributed by atoms with Crippen molar-refractivity contribution in [2.24, 2.45) is 0 Å². The highest BCUT2D eigenvalue weighted by Gasteiger charge is 2.11. The van der Waals surface area contributed by atoms with Gasteiger partial charge in [0.05, 0.1) is 12.8 Å². The Bertz CT molecular complexity index is 569. The van der Waals surface area contributed by atoms with E-state index in [-0.39, 0.29) is 6.04 Å². The minimum Gasteiger partial charge on any atom is -0.496 e. The third-order valence-electron chi connectivity index (χ3n) is 3.23. The van der Waals surface area contributed by atoms with Crippen molar-refractivity contribution in [2.45, 2.75) is 26.4 Å². The molecule has 1 unspecified atom stereocenters. The van der Waals surface area contributed by atoms with Crippen molar-refractivity contribution in [2.75, 3.05) is 7.11 Å². The summed E-state index contributed by atoms with van der Waals surface area (Å²) in [4.78, 5) is 4.36. The lowest BCUT2D eigenvalue weighted by atomic mass is 10.0. The van der Waals surface area contributed by atoms with Gasteiger partial charge in [0.15, 0.2) is 0 Å². The monoisotopic (exact) mass is 334 g/mol. The van der Waals surface area contributed by atoms with E-state index in [9.17, 15) is 0 Å². The van der Waals surface area contributed by atoms with Crippen molar-refractivity contribution in [1.29, 1.82) is 0 Å². The van der Waals surface area contributed by atoms with Gasteiger partial charge < -0.3 is 10.1 Å². The van der Waals surface area contributed by atoms with Crippen LogP contribution in [0.15, 0.2) is 41.0 Å². The van der Waals surface area contributed by atoms with Crippen molar-refractivity contribution in [1.82, 2.24) is 10.3 Å². The minimum absolute atomic E-state index is 0.204. The van der Waals surface area contributed by atoms with Crippen LogP contribution in [-0.2, 0) is 6.54 Å². The van der Waals surface area contributed by atoms with Crippen LogP contribution in [0.25, 0.3) is 0 Å². The number of aromatic nitrogens is 1. The van der Waals surface area contributed by atoms with Gasteiger partial charge in [-0.05, 0) is 48.0 Å². The van der Waals surface area contributed by atoms with Gasteiger partial charge in [-0.1, -0.05) is 17.7 Å². The highest BCUT2D eigenvalue weighted by Crippen LogP contribution is 2.26. The van der Waals surface area contributed by atoms with E-state index in [0.717, 1.165) is 22.5 Å². The van der Waals surface area contributed by atoms with E-state index in [0.29, 0.717) is 0 Å². The van der Waals surface area contributed by atoms with Crippen LogP contribution in [0.1, 0.15) is 29.8 Å². The molecule has 4 heteroatoms. The van der Waals surface area contributed by atoms with Crippen LogP contribution in [0.2, 0.25) is 0 Å². The quantitative estimate of drug-likeness (QED) is 0.896. The van der Waals surface area contributed by atoms with Gasteiger partial charge in [0.25, 0.3) is 0 Å². The average Bonchev–Trinajstić information content (AvgIpc) is 2.46. The van der Waals surface area contributed by atoms with Crippen molar-refractivity contribution in [3.63, 3.8) is 0 Å². The van der Waals surface area contributed by atoms with E-state index >= 15 is 0 Å². The summed E-state index contributed by atoms with van der Waals surface area (Å²) in [5.74, 6) is 0.916. The number of aryl methyl sites for hydroxylation is 1. The SMILES string of the molecule is COc1ccc(C)cc1C(C)NCc1ccc(Br)cn1. The Morgan fingerprint density at radius 3 is 2.75 bits per heavy atom. The summed E-state index contributed by atoms with van der Waals surface area (Å²) in [5, 5.41) is 3.48. The molecule has 3 nitrogen and oxygen atoms in total. The summed E-state index contributed by atoms with van der Waals surface area (Å²) in [6.45, 7) is 4.95. The fraction of sp³-hybridized carbons (Fsp3) is 0.312. The summed E-state index contributed by atoms with van der Waals surface area (Å²) in [6.07, 6.45) is 1.81. The molecular weight excluding hydrogens is 316 g/mol. The van der Waals surface area contributed by atoms with Crippen LogP contribution >= 0.6 is 15.9 Å². The minimum atomic E-state index is 0.204. The second-order valence-electron chi connectivity index (χ2n) is 4.82. The van der Waals surface area contributed by atoms with E-state index in [2.05, 4.69) is 52.2 Å². The average molecular weight is 335 g/mol. The van der Waals surface area contributed by atoms with Crippen LogP contribution in [0, 0.1) is 6.92 Å².